The van der Waals surface area contributed by atoms with Crippen LogP contribution in [0.4, 0.5) is 4.79 Å². The van der Waals surface area contributed by atoms with E-state index in [1.54, 1.807) is 0 Å². The second-order valence-electron chi connectivity index (χ2n) is 10.7. The van der Waals surface area contributed by atoms with Crippen LogP contribution in [-0.4, -0.2) is 40.6 Å². The normalized spacial score (nSPS) is 21.8. The van der Waals surface area contributed by atoms with Gasteiger partial charge in [-0.2, -0.15) is 5.10 Å². The Labute approximate surface area is 245 Å². The molecular weight excluding hydrogens is 634 g/mol. The number of piperidine rings is 1. The molecule has 1 saturated heterocycles. The Balaban J connectivity index is 1.26. The quantitative estimate of drug-likeness (QED) is 0.373. The number of aryl methyl sites for hydroxylation is 2. The van der Waals surface area contributed by atoms with Gasteiger partial charge < -0.3 is 10.6 Å². The van der Waals surface area contributed by atoms with Crippen LogP contribution in [0.25, 0.3) is 0 Å². The summed E-state index contributed by atoms with van der Waals surface area (Å²) in [6, 6.07) is 5.67. The van der Waals surface area contributed by atoms with E-state index in [-0.39, 0.29) is 11.8 Å². The minimum atomic E-state index is -0.645. The lowest BCUT2D eigenvalue weighted by Gasteiger charge is -2.37. The van der Waals surface area contributed by atoms with Gasteiger partial charge in [-0.3, -0.25) is 9.78 Å². The first-order valence-electron chi connectivity index (χ1n) is 13.3. The molecule has 3 aliphatic rings. The van der Waals surface area contributed by atoms with E-state index in [1.165, 1.54) is 16.7 Å². The van der Waals surface area contributed by atoms with Crippen molar-refractivity contribution < 1.29 is 9.59 Å². The largest absolute Gasteiger partial charge is 0.350 e. The Kier molecular flexibility index (Phi) is 8.75. The van der Waals surface area contributed by atoms with E-state index in [1.807, 2.05) is 12.3 Å². The molecule has 1 aliphatic heterocycles. The Morgan fingerprint density at radius 2 is 1.76 bits per heavy atom. The molecule has 202 valence electrons. The molecule has 3 N–H and O–H groups in total. The summed E-state index contributed by atoms with van der Waals surface area (Å²) in [5, 5.41) is 4.82. The minimum absolute atomic E-state index is 0.171. The second kappa shape index (κ2) is 12.0. The lowest BCUT2D eigenvalue weighted by atomic mass is 9.76. The molecule has 10 heteroatoms. The third kappa shape index (κ3) is 6.26. The first-order chi connectivity index (χ1) is 18.3. The van der Waals surface area contributed by atoms with E-state index >= 15 is 0 Å². The van der Waals surface area contributed by atoms with Gasteiger partial charge >= 0.3 is 6.03 Å². The molecule has 38 heavy (non-hydrogen) atoms. The number of nitrogens with two attached hydrogens (primary N) is 1. The lowest BCUT2D eigenvalue weighted by molar-refractivity contribution is -0.133. The van der Waals surface area contributed by atoms with E-state index in [4.69, 9.17) is 22.3 Å². The third-order valence-corrected chi connectivity index (χ3v) is 9.56. The number of hydrogen-bond acceptors (Lipinski definition) is 4. The number of halogens is 3. The average molecular weight is 666 g/mol. The van der Waals surface area contributed by atoms with Gasteiger partial charge in [0.2, 0.25) is 5.91 Å². The molecule has 1 saturated carbocycles. The summed E-state index contributed by atoms with van der Waals surface area (Å²) >= 11 is 13.9. The lowest BCUT2D eigenvalue weighted by Crippen LogP contribution is -2.41. The van der Waals surface area contributed by atoms with E-state index in [9.17, 15) is 9.59 Å². The number of primary amides is 1. The van der Waals surface area contributed by atoms with Crippen molar-refractivity contribution in [2.75, 3.05) is 13.1 Å². The SMILES string of the molecule is NC(=O)NN=C1CCC(CC(=O)N2CCC([C@H]3c4ncc(Br)cc4CCc4cc(Cl)cc(Br)c43)CC2)CC1. The number of fused-ring (bicyclic) bond motifs is 2. The Morgan fingerprint density at radius 1 is 1.05 bits per heavy atom. The van der Waals surface area contributed by atoms with Crippen LogP contribution in [0, 0.1) is 11.8 Å². The van der Waals surface area contributed by atoms with Crippen LogP contribution >= 0.6 is 43.5 Å². The minimum Gasteiger partial charge on any atom is -0.350 e. The number of benzene rings is 1. The van der Waals surface area contributed by atoms with Crippen LogP contribution in [0.15, 0.2) is 38.4 Å². The first-order valence-corrected chi connectivity index (χ1v) is 15.3. The molecule has 1 atom stereocenters. The zero-order chi connectivity index (χ0) is 26.8. The standard InChI is InChI=1S/C28H32Br2ClN5O2/c29-20-12-19-4-3-18-13-21(31)14-23(30)25(18)26(27(19)33-15-20)17-7-9-36(10-8-17)24(37)11-16-1-5-22(6-2-16)34-35-28(32)38/h12-17,26H,1-11H2,(H3,32,35,38)/t16?,26-/m1/s1. The number of hydrogen-bond donors (Lipinski definition) is 2. The summed E-state index contributed by atoms with van der Waals surface area (Å²) in [5.74, 6) is 1.18. The fraction of sp³-hybridized carbons (Fsp3) is 0.500. The number of nitrogens with zero attached hydrogens (tertiary/aromatic N) is 3. The van der Waals surface area contributed by atoms with Gasteiger partial charge in [-0.05, 0) is 114 Å². The van der Waals surface area contributed by atoms with Gasteiger partial charge in [-0.15, -0.1) is 0 Å². The maximum Gasteiger partial charge on any atom is 0.332 e. The molecule has 2 aliphatic carbocycles. The van der Waals surface area contributed by atoms with Crippen molar-refractivity contribution in [3.05, 3.63) is 60.7 Å². The smallest absolute Gasteiger partial charge is 0.332 e. The summed E-state index contributed by atoms with van der Waals surface area (Å²) in [7, 11) is 0. The van der Waals surface area contributed by atoms with Crippen molar-refractivity contribution in [1.29, 1.82) is 0 Å². The van der Waals surface area contributed by atoms with Gasteiger partial charge in [0.05, 0.1) is 5.69 Å². The molecule has 0 radical (unpaired) electrons. The number of carbonyl (C=O) groups excluding carboxylic acids is 2. The number of pyridine rings is 1. The van der Waals surface area contributed by atoms with Crippen LogP contribution in [-0.2, 0) is 17.6 Å². The molecule has 3 amide bonds. The van der Waals surface area contributed by atoms with Gasteiger partial charge in [0, 0.05) is 51.3 Å². The predicted octanol–water partition coefficient (Wildman–Crippen LogP) is 6.33. The van der Waals surface area contributed by atoms with Crippen molar-refractivity contribution in [2.45, 2.75) is 63.7 Å². The van der Waals surface area contributed by atoms with Crippen molar-refractivity contribution in [2.24, 2.45) is 22.7 Å². The van der Waals surface area contributed by atoms with Gasteiger partial charge in [0.1, 0.15) is 0 Å². The topological polar surface area (TPSA) is 101 Å². The number of amides is 3. The molecule has 2 fully saturated rings. The Bertz CT molecular complexity index is 1250. The Morgan fingerprint density at radius 3 is 2.47 bits per heavy atom. The molecule has 7 nitrogen and oxygen atoms in total. The fourth-order valence-electron chi connectivity index (χ4n) is 6.35. The highest BCUT2D eigenvalue weighted by molar-refractivity contribution is 9.10. The second-order valence-corrected chi connectivity index (χ2v) is 12.9. The fourth-order valence-corrected chi connectivity index (χ4v) is 7.85. The van der Waals surface area contributed by atoms with Gasteiger partial charge in [-0.1, -0.05) is 27.5 Å². The van der Waals surface area contributed by atoms with Crippen LogP contribution in [0.1, 0.15) is 73.2 Å². The molecule has 5 rings (SSSR count). The molecule has 1 aromatic carbocycles. The number of aromatic nitrogens is 1. The zero-order valence-electron chi connectivity index (χ0n) is 21.2. The number of rotatable bonds is 4. The van der Waals surface area contributed by atoms with Crippen molar-refractivity contribution in [3.63, 3.8) is 0 Å². The number of urea groups is 1. The van der Waals surface area contributed by atoms with Gasteiger partial charge in [0.15, 0.2) is 0 Å². The number of hydrazone groups is 1. The van der Waals surface area contributed by atoms with Gasteiger partial charge in [-0.25, -0.2) is 10.2 Å². The monoisotopic (exact) mass is 663 g/mol. The third-order valence-electron chi connectivity index (χ3n) is 8.25. The molecule has 2 aromatic rings. The van der Waals surface area contributed by atoms with Crippen molar-refractivity contribution in [3.8, 4) is 0 Å². The van der Waals surface area contributed by atoms with E-state index < -0.39 is 6.03 Å². The highest BCUT2D eigenvalue weighted by Gasteiger charge is 2.36. The van der Waals surface area contributed by atoms with Crippen LogP contribution in [0.5, 0.6) is 0 Å². The van der Waals surface area contributed by atoms with Crippen LogP contribution < -0.4 is 11.2 Å². The first kappa shape index (κ1) is 27.6. The maximum absolute atomic E-state index is 13.2. The molecule has 1 aromatic heterocycles. The highest BCUT2D eigenvalue weighted by Crippen LogP contribution is 2.46. The van der Waals surface area contributed by atoms with E-state index in [0.29, 0.717) is 18.3 Å². The van der Waals surface area contributed by atoms with Crippen molar-refractivity contribution in [1.82, 2.24) is 15.3 Å². The van der Waals surface area contributed by atoms with Crippen molar-refractivity contribution >= 4 is 61.1 Å². The summed E-state index contributed by atoms with van der Waals surface area (Å²) in [6.07, 6.45) is 9.65. The molecule has 2 heterocycles. The number of nitrogens with one attached hydrogen (secondary N) is 1. The Hall–Kier alpha value is -1.97. The van der Waals surface area contributed by atoms with Crippen LogP contribution in [0.3, 0.4) is 0 Å². The van der Waals surface area contributed by atoms with E-state index in [2.05, 4.69) is 59.4 Å². The van der Waals surface area contributed by atoms with Crippen LogP contribution in [0.2, 0.25) is 5.02 Å². The molecule has 0 spiro atoms. The van der Waals surface area contributed by atoms with Gasteiger partial charge in [0.25, 0.3) is 0 Å². The summed E-state index contributed by atoms with van der Waals surface area (Å²) in [6.45, 7) is 1.54. The zero-order valence-corrected chi connectivity index (χ0v) is 25.1. The molecule has 0 bridgehead atoms. The summed E-state index contributed by atoms with van der Waals surface area (Å²) in [4.78, 5) is 31.1. The van der Waals surface area contributed by atoms with E-state index in [0.717, 1.165) is 89.8 Å². The highest BCUT2D eigenvalue weighted by atomic mass is 79.9. The summed E-state index contributed by atoms with van der Waals surface area (Å²) < 4.78 is 2.05. The number of carbonyl (C=O) groups is 2. The molecule has 0 unspecified atom stereocenters. The molecular formula is C28H32Br2ClN5O2. The summed E-state index contributed by atoms with van der Waals surface area (Å²) in [5.41, 5.74) is 13.4. The average Bonchev–Trinajstić information content (AvgIpc) is 3.05. The predicted molar refractivity (Wildman–Crippen MR) is 156 cm³/mol. The maximum atomic E-state index is 13.2. The number of likely N-dealkylation sites (tertiary alicyclic amines) is 1.